The second-order valence-corrected chi connectivity index (χ2v) is 3.90. The van der Waals surface area contributed by atoms with Gasteiger partial charge in [0, 0.05) is 18.3 Å². The number of aryl methyl sites for hydroxylation is 1. The van der Waals surface area contributed by atoms with Crippen LogP contribution in [0.2, 0.25) is 0 Å². The van der Waals surface area contributed by atoms with Crippen molar-refractivity contribution in [2.24, 2.45) is 5.73 Å². The Balaban J connectivity index is 2.90. The molecule has 0 saturated heterocycles. The summed E-state index contributed by atoms with van der Waals surface area (Å²) in [5, 5.41) is 2.40. The Hall–Kier alpha value is -2.61. The SMILES string of the molecule is CCOC(=O)c1cnc(NC(=O)/C(=C\C=O)CN)nc1C. The number of nitrogens with zero attached hydrogens (tertiary/aromatic N) is 2. The molecule has 0 aliphatic heterocycles. The maximum Gasteiger partial charge on any atom is 0.341 e. The van der Waals surface area contributed by atoms with Gasteiger partial charge < -0.3 is 10.5 Å². The molecule has 0 radical (unpaired) electrons. The molecule has 0 atom stereocenters. The molecule has 1 aromatic rings. The van der Waals surface area contributed by atoms with Gasteiger partial charge in [0.1, 0.15) is 6.29 Å². The number of anilines is 1. The summed E-state index contributed by atoms with van der Waals surface area (Å²) in [4.78, 5) is 41.6. The first-order valence-electron chi connectivity index (χ1n) is 6.20. The van der Waals surface area contributed by atoms with Crippen molar-refractivity contribution in [2.75, 3.05) is 18.5 Å². The Labute approximate surface area is 121 Å². The lowest BCUT2D eigenvalue weighted by Gasteiger charge is -2.08. The van der Waals surface area contributed by atoms with Crippen LogP contribution in [0.3, 0.4) is 0 Å². The molecule has 3 N–H and O–H groups in total. The fourth-order valence-electron chi connectivity index (χ4n) is 1.44. The number of hydrogen-bond acceptors (Lipinski definition) is 7. The molecule has 21 heavy (non-hydrogen) atoms. The van der Waals surface area contributed by atoms with Gasteiger partial charge in [-0.15, -0.1) is 0 Å². The van der Waals surface area contributed by atoms with Crippen LogP contribution >= 0.6 is 0 Å². The number of nitrogens with one attached hydrogen (secondary N) is 1. The number of ether oxygens (including phenoxy) is 1. The maximum atomic E-state index is 11.8. The molecule has 8 heteroatoms. The van der Waals surface area contributed by atoms with Crippen molar-refractivity contribution in [3.63, 3.8) is 0 Å². The second-order valence-electron chi connectivity index (χ2n) is 3.90. The number of carbonyl (C=O) groups is 3. The molecule has 0 aliphatic rings. The van der Waals surface area contributed by atoms with Gasteiger partial charge in [-0.25, -0.2) is 14.8 Å². The number of esters is 1. The molecule has 1 heterocycles. The minimum absolute atomic E-state index is 0.01000. The van der Waals surface area contributed by atoms with Crippen LogP contribution in [0.15, 0.2) is 17.8 Å². The van der Waals surface area contributed by atoms with Crippen LogP contribution < -0.4 is 11.1 Å². The summed E-state index contributed by atoms with van der Waals surface area (Å²) in [6, 6.07) is 0. The number of nitrogens with two attached hydrogens (primary N) is 1. The molecule has 0 aliphatic carbocycles. The van der Waals surface area contributed by atoms with Gasteiger partial charge in [-0.3, -0.25) is 14.9 Å². The van der Waals surface area contributed by atoms with E-state index in [-0.39, 0.29) is 30.2 Å². The zero-order valence-electron chi connectivity index (χ0n) is 11.8. The fourth-order valence-corrected chi connectivity index (χ4v) is 1.44. The van der Waals surface area contributed by atoms with Crippen molar-refractivity contribution in [3.8, 4) is 0 Å². The number of hydrogen-bond donors (Lipinski definition) is 2. The summed E-state index contributed by atoms with van der Waals surface area (Å²) in [6.45, 7) is 3.43. The predicted octanol–water partition coefficient (Wildman–Crippen LogP) is -0.0158. The molecule has 1 aromatic heterocycles. The molecular weight excluding hydrogens is 276 g/mol. The Morgan fingerprint density at radius 1 is 1.48 bits per heavy atom. The molecule has 0 saturated carbocycles. The second kappa shape index (κ2) is 7.85. The summed E-state index contributed by atoms with van der Waals surface area (Å²) in [5.41, 5.74) is 6.04. The standard InChI is InChI=1S/C13H16N4O4/c1-3-21-12(20)10-7-15-13(16-8(10)2)17-11(19)9(6-14)4-5-18/h4-5,7H,3,6,14H2,1-2H3,(H,15,16,17,19)/b9-4-. The molecule has 0 fully saturated rings. The van der Waals surface area contributed by atoms with E-state index in [4.69, 9.17) is 10.5 Å². The highest BCUT2D eigenvalue weighted by Crippen LogP contribution is 2.09. The third-order valence-corrected chi connectivity index (χ3v) is 2.48. The van der Waals surface area contributed by atoms with E-state index in [1.807, 2.05) is 0 Å². The van der Waals surface area contributed by atoms with Gasteiger partial charge in [0.05, 0.1) is 17.9 Å². The molecule has 112 valence electrons. The summed E-state index contributed by atoms with van der Waals surface area (Å²) >= 11 is 0. The highest BCUT2D eigenvalue weighted by Gasteiger charge is 2.14. The van der Waals surface area contributed by atoms with Gasteiger partial charge in [-0.05, 0) is 19.9 Å². The lowest BCUT2D eigenvalue weighted by atomic mass is 10.2. The summed E-state index contributed by atoms with van der Waals surface area (Å²) in [7, 11) is 0. The third kappa shape index (κ3) is 4.46. The number of amides is 1. The molecule has 0 unspecified atom stereocenters. The van der Waals surface area contributed by atoms with E-state index in [9.17, 15) is 14.4 Å². The van der Waals surface area contributed by atoms with Crippen molar-refractivity contribution >= 4 is 24.1 Å². The lowest BCUT2D eigenvalue weighted by Crippen LogP contribution is -2.22. The van der Waals surface area contributed by atoms with E-state index in [1.165, 1.54) is 6.20 Å². The molecule has 0 bridgehead atoms. The lowest BCUT2D eigenvalue weighted by molar-refractivity contribution is -0.113. The van der Waals surface area contributed by atoms with Crippen LogP contribution in [0.25, 0.3) is 0 Å². The average molecular weight is 292 g/mol. The van der Waals surface area contributed by atoms with Crippen molar-refractivity contribution in [1.29, 1.82) is 0 Å². The van der Waals surface area contributed by atoms with E-state index < -0.39 is 11.9 Å². The first-order chi connectivity index (χ1) is 10.0. The summed E-state index contributed by atoms with van der Waals surface area (Å²) in [6.07, 6.45) is 2.80. The highest BCUT2D eigenvalue weighted by molar-refractivity contribution is 6.05. The molecule has 8 nitrogen and oxygen atoms in total. The normalized spacial score (nSPS) is 10.9. The third-order valence-electron chi connectivity index (χ3n) is 2.48. The van der Waals surface area contributed by atoms with Crippen LogP contribution in [0.4, 0.5) is 5.95 Å². The number of aromatic nitrogens is 2. The van der Waals surface area contributed by atoms with Crippen LogP contribution in [0.5, 0.6) is 0 Å². The van der Waals surface area contributed by atoms with E-state index in [1.54, 1.807) is 13.8 Å². The van der Waals surface area contributed by atoms with Gasteiger partial charge in [-0.2, -0.15) is 0 Å². The highest BCUT2D eigenvalue weighted by atomic mass is 16.5. The van der Waals surface area contributed by atoms with Crippen LogP contribution in [-0.2, 0) is 14.3 Å². The summed E-state index contributed by atoms with van der Waals surface area (Å²) < 4.78 is 4.85. The van der Waals surface area contributed by atoms with E-state index >= 15 is 0 Å². The van der Waals surface area contributed by atoms with Crippen LogP contribution in [-0.4, -0.2) is 41.3 Å². The Kier molecular flexibility index (Phi) is 6.15. The van der Waals surface area contributed by atoms with Crippen LogP contribution in [0.1, 0.15) is 23.0 Å². The quantitative estimate of drug-likeness (QED) is 0.429. The smallest absolute Gasteiger partial charge is 0.341 e. The van der Waals surface area contributed by atoms with Crippen molar-refractivity contribution in [3.05, 3.63) is 29.1 Å². The minimum Gasteiger partial charge on any atom is -0.462 e. The maximum absolute atomic E-state index is 11.8. The van der Waals surface area contributed by atoms with E-state index in [0.717, 1.165) is 6.08 Å². The number of rotatable bonds is 6. The number of allylic oxidation sites excluding steroid dienone is 1. The zero-order chi connectivity index (χ0) is 15.8. The molecule has 0 aromatic carbocycles. The monoisotopic (exact) mass is 292 g/mol. The average Bonchev–Trinajstić information content (AvgIpc) is 2.44. The molecule has 1 amide bonds. The van der Waals surface area contributed by atoms with Crippen molar-refractivity contribution < 1.29 is 19.1 Å². The van der Waals surface area contributed by atoms with Gasteiger partial charge in [-0.1, -0.05) is 0 Å². The van der Waals surface area contributed by atoms with Gasteiger partial charge in [0.2, 0.25) is 5.95 Å². The minimum atomic E-state index is -0.576. The number of aldehydes is 1. The van der Waals surface area contributed by atoms with Gasteiger partial charge in [0.25, 0.3) is 5.91 Å². The zero-order valence-corrected chi connectivity index (χ0v) is 11.8. The Morgan fingerprint density at radius 2 is 2.19 bits per heavy atom. The van der Waals surface area contributed by atoms with Crippen LogP contribution in [0, 0.1) is 6.92 Å². The first-order valence-corrected chi connectivity index (χ1v) is 6.20. The molecule has 0 spiro atoms. The molecule has 1 rings (SSSR count). The van der Waals surface area contributed by atoms with Gasteiger partial charge in [0.15, 0.2) is 0 Å². The van der Waals surface area contributed by atoms with E-state index in [2.05, 4.69) is 15.3 Å². The van der Waals surface area contributed by atoms with Crippen molar-refractivity contribution in [2.45, 2.75) is 13.8 Å². The van der Waals surface area contributed by atoms with Crippen molar-refractivity contribution in [1.82, 2.24) is 9.97 Å². The van der Waals surface area contributed by atoms with Gasteiger partial charge >= 0.3 is 5.97 Å². The molecular formula is C13H16N4O4. The first kappa shape index (κ1) is 16.4. The number of carbonyl (C=O) groups excluding carboxylic acids is 3. The van der Waals surface area contributed by atoms with E-state index in [0.29, 0.717) is 12.0 Å². The fraction of sp³-hybridized carbons (Fsp3) is 0.308. The Morgan fingerprint density at radius 3 is 2.71 bits per heavy atom. The largest absolute Gasteiger partial charge is 0.462 e. The topological polar surface area (TPSA) is 124 Å². The Bertz CT molecular complexity index is 584. The summed E-state index contributed by atoms with van der Waals surface area (Å²) in [5.74, 6) is -1.10. The predicted molar refractivity (Wildman–Crippen MR) is 74.6 cm³/mol.